The van der Waals surface area contributed by atoms with E-state index in [2.05, 4.69) is 0 Å². The minimum absolute atomic E-state index is 0.158. The van der Waals surface area contributed by atoms with Crippen LogP contribution in [0.25, 0.3) is 6.08 Å². The van der Waals surface area contributed by atoms with Crippen LogP contribution in [0.2, 0.25) is 10.0 Å². The third kappa shape index (κ3) is 3.69. The number of ketones is 1. The van der Waals surface area contributed by atoms with Crippen LogP contribution in [-0.2, 0) is 0 Å². The van der Waals surface area contributed by atoms with E-state index in [-0.39, 0.29) is 5.78 Å². The standard InChI is InChI=1S/C16H12Cl2O/c1-11-3-2-4-12(9-11)5-8-16(19)14-10-13(17)6-7-15(14)18/h2-10H,1H3/b8-5+. The molecule has 0 saturated carbocycles. The summed E-state index contributed by atoms with van der Waals surface area (Å²) in [6, 6.07) is 12.8. The highest BCUT2D eigenvalue weighted by Gasteiger charge is 2.07. The number of hydrogen-bond donors (Lipinski definition) is 0. The van der Waals surface area contributed by atoms with Gasteiger partial charge in [-0.25, -0.2) is 0 Å². The van der Waals surface area contributed by atoms with Gasteiger partial charge in [-0.1, -0.05) is 59.1 Å². The van der Waals surface area contributed by atoms with E-state index < -0.39 is 0 Å². The van der Waals surface area contributed by atoms with Crippen molar-refractivity contribution < 1.29 is 4.79 Å². The molecular formula is C16H12Cl2O. The number of carbonyl (C=O) groups excluding carboxylic acids is 1. The highest BCUT2D eigenvalue weighted by Crippen LogP contribution is 2.21. The van der Waals surface area contributed by atoms with Gasteiger partial charge in [0.05, 0.1) is 5.02 Å². The molecule has 0 amide bonds. The molecule has 0 radical (unpaired) electrons. The first-order chi connectivity index (χ1) is 9.06. The molecule has 2 aromatic carbocycles. The maximum atomic E-state index is 12.0. The van der Waals surface area contributed by atoms with Gasteiger partial charge in [0.2, 0.25) is 0 Å². The lowest BCUT2D eigenvalue weighted by atomic mass is 10.1. The predicted octanol–water partition coefficient (Wildman–Crippen LogP) is 5.20. The lowest BCUT2D eigenvalue weighted by molar-refractivity contribution is 0.104. The van der Waals surface area contributed by atoms with Crippen LogP contribution in [0.3, 0.4) is 0 Å². The molecule has 0 aliphatic heterocycles. The summed E-state index contributed by atoms with van der Waals surface area (Å²) in [7, 11) is 0. The Bertz CT molecular complexity index is 645. The second-order valence-corrected chi connectivity index (χ2v) is 5.08. The Morgan fingerprint density at radius 1 is 1.11 bits per heavy atom. The molecule has 0 N–H and O–H groups in total. The van der Waals surface area contributed by atoms with Crippen molar-refractivity contribution in [2.45, 2.75) is 6.92 Å². The van der Waals surface area contributed by atoms with E-state index in [4.69, 9.17) is 23.2 Å². The Labute approximate surface area is 122 Å². The molecule has 2 aromatic rings. The Morgan fingerprint density at radius 2 is 1.89 bits per heavy atom. The molecule has 0 aliphatic rings. The molecule has 0 spiro atoms. The first-order valence-corrected chi connectivity index (χ1v) is 6.56. The first kappa shape index (κ1) is 13.9. The average molecular weight is 291 g/mol. The fourth-order valence-corrected chi connectivity index (χ4v) is 2.10. The number of carbonyl (C=O) groups is 1. The van der Waals surface area contributed by atoms with Gasteiger partial charge in [-0.15, -0.1) is 0 Å². The first-order valence-electron chi connectivity index (χ1n) is 5.80. The van der Waals surface area contributed by atoms with Gasteiger partial charge in [0.25, 0.3) is 0 Å². The highest BCUT2D eigenvalue weighted by atomic mass is 35.5. The average Bonchev–Trinajstić information content (AvgIpc) is 2.39. The number of benzene rings is 2. The molecule has 0 bridgehead atoms. The quantitative estimate of drug-likeness (QED) is 0.561. The Hall–Kier alpha value is -1.57. The van der Waals surface area contributed by atoms with E-state index in [1.807, 2.05) is 31.2 Å². The molecule has 2 rings (SSSR count). The molecule has 0 aliphatic carbocycles. The van der Waals surface area contributed by atoms with Gasteiger partial charge in [-0.2, -0.15) is 0 Å². The number of halogens is 2. The van der Waals surface area contributed by atoms with Crippen molar-refractivity contribution in [3.63, 3.8) is 0 Å². The van der Waals surface area contributed by atoms with E-state index in [0.717, 1.165) is 11.1 Å². The molecule has 19 heavy (non-hydrogen) atoms. The van der Waals surface area contributed by atoms with E-state index in [9.17, 15) is 4.79 Å². The molecule has 0 unspecified atom stereocenters. The largest absolute Gasteiger partial charge is 0.289 e. The summed E-state index contributed by atoms with van der Waals surface area (Å²) in [4.78, 5) is 12.0. The third-order valence-electron chi connectivity index (χ3n) is 2.66. The smallest absolute Gasteiger partial charge is 0.187 e. The van der Waals surface area contributed by atoms with E-state index >= 15 is 0 Å². The summed E-state index contributed by atoms with van der Waals surface area (Å²) in [5, 5.41) is 0.903. The van der Waals surface area contributed by atoms with E-state index in [1.54, 1.807) is 24.3 Å². The molecular weight excluding hydrogens is 279 g/mol. The zero-order chi connectivity index (χ0) is 13.8. The number of allylic oxidation sites excluding steroid dienone is 1. The molecule has 0 aromatic heterocycles. The van der Waals surface area contributed by atoms with Crippen LogP contribution in [0.15, 0.2) is 48.5 Å². The van der Waals surface area contributed by atoms with Crippen molar-refractivity contribution in [1.82, 2.24) is 0 Å². The maximum absolute atomic E-state index is 12.0. The van der Waals surface area contributed by atoms with Gasteiger partial charge in [0.15, 0.2) is 5.78 Å². The normalized spacial score (nSPS) is 10.9. The summed E-state index contributed by atoms with van der Waals surface area (Å²) >= 11 is 11.8. The summed E-state index contributed by atoms with van der Waals surface area (Å²) in [5.41, 5.74) is 2.54. The van der Waals surface area contributed by atoms with Crippen LogP contribution in [-0.4, -0.2) is 5.78 Å². The summed E-state index contributed by atoms with van der Waals surface area (Å²) in [6.45, 7) is 2.01. The summed E-state index contributed by atoms with van der Waals surface area (Å²) < 4.78 is 0. The monoisotopic (exact) mass is 290 g/mol. The SMILES string of the molecule is Cc1cccc(/C=C/C(=O)c2cc(Cl)ccc2Cl)c1. The fourth-order valence-electron chi connectivity index (χ4n) is 1.72. The van der Waals surface area contributed by atoms with Crippen molar-refractivity contribution in [1.29, 1.82) is 0 Å². The van der Waals surface area contributed by atoms with Crippen LogP contribution in [0, 0.1) is 6.92 Å². The van der Waals surface area contributed by atoms with Gasteiger partial charge >= 0.3 is 0 Å². The van der Waals surface area contributed by atoms with Crippen molar-refractivity contribution in [3.8, 4) is 0 Å². The fraction of sp³-hybridized carbons (Fsp3) is 0.0625. The molecule has 0 atom stereocenters. The van der Waals surface area contributed by atoms with Crippen molar-refractivity contribution in [2.75, 3.05) is 0 Å². The molecule has 96 valence electrons. The number of aryl methyl sites for hydroxylation is 1. The van der Waals surface area contributed by atoms with Gasteiger partial charge < -0.3 is 0 Å². The van der Waals surface area contributed by atoms with Crippen molar-refractivity contribution in [2.24, 2.45) is 0 Å². The molecule has 0 saturated heterocycles. The second-order valence-electron chi connectivity index (χ2n) is 4.24. The molecule has 0 fully saturated rings. The summed E-state index contributed by atoms with van der Waals surface area (Å²) in [6.07, 6.45) is 3.28. The van der Waals surface area contributed by atoms with Gasteiger partial charge in [0.1, 0.15) is 0 Å². The highest BCUT2D eigenvalue weighted by molar-refractivity contribution is 6.36. The van der Waals surface area contributed by atoms with E-state index in [0.29, 0.717) is 15.6 Å². The van der Waals surface area contributed by atoms with E-state index in [1.165, 1.54) is 6.08 Å². The van der Waals surface area contributed by atoms with Gasteiger partial charge in [-0.05, 0) is 36.8 Å². The van der Waals surface area contributed by atoms with Gasteiger partial charge in [0, 0.05) is 10.6 Å². The van der Waals surface area contributed by atoms with Crippen molar-refractivity contribution in [3.05, 3.63) is 75.3 Å². The van der Waals surface area contributed by atoms with Crippen LogP contribution < -0.4 is 0 Å². The molecule has 1 nitrogen and oxygen atoms in total. The Balaban J connectivity index is 2.23. The number of hydrogen-bond acceptors (Lipinski definition) is 1. The molecule has 3 heteroatoms. The minimum Gasteiger partial charge on any atom is -0.289 e. The lowest BCUT2D eigenvalue weighted by Crippen LogP contribution is -1.95. The zero-order valence-electron chi connectivity index (χ0n) is 10.4. The van der Waals surface area contributed by atoms with Crippen LogP contribution in [0.4, 0.5) is 0 Å². The maximum Gasteiger partial charge on any atom is 0.187 e. The van der Waals surface area contributed by atoms with Crippen LogP contribution >= 0.6 is 23.2 Å². The second kappa shape index (κ2) is 6.05. The zero-order valence-corrected chi connectivity index (χ0v) is 11.9. The third-order valence-corrected chi connectivity index (χ3v) is 3.23. The summed E-state index contributed by atoms with van der Waals surface area (Å²) in [5.74, 6) is -0.158. The van der Waals surface area contributed by atoms with Crippen LogP contribution in [0.5, 0.6) is 0 Å². The van der Waals surface area contributed by atoms with Gasteiger partial charge in [-0.3, -0.25) is 4.79 Å². The minimum atomic E-state index is -0.158. The lowest BCUT2D eigenvalue weighted by Gasteiger charge is -2.00. The number of rotatable bonds is 3. The predicted molar refractivity (Wildman–Crippen MR) is 81.0 cm³/mol. The van der Waals surface area contributed by atoms with Crippen LogP contribution in [0.1, 0.15) is 21.5 Å². The Morgan fingerprint density at radius 3 is 2.63 bits per heavy atom. The Kier molecular flexibility index (Phi) is 4.41. The van der Waals surface area contributed by atoms with Crippen molar-refractivity contribution >= 4 is 35.1 Å². The molecule has 0 heterocycles. The topological polar surface area (TPSA) is 17.1 Å².